The maximum Gasteiger partial charge on any atom is 0.251 e. The van der Waals surface area contributed by atoms with Crippen molar-refractivity contribution in [2.75, 3.05) is 12.3 Å². The number of aryl methyl sites for hydroxylation is 1. The van der Waals surface area contributed by atoms with Gasteiger partial charge in [0.1, 0.15) is 12.4 Å². The zero-order chi connectivity index (χ0) is 20.3. The Morgan fingerprint density at radius 3 is 2.61 bits per heavy atom. The number of carbonyl (C=O) groups is 1. The number of pyridine rings is 1. The van der Waals surface area contributed by atoms with Gasteiger partial charge < -0.3 is 20.9 Å². The second-order valence-electron chi connectivity index (χ2n) is 7.48. The molecule has 0 aliphatic rings. The van der Waals surface area contributed by atoms with E-state index in [9.17, 15) is 4.79 Å². The van der Waals surface area contributed by atoms with Crippen molar-refractivity contribution in [1.29, 1.82) is 0 Å². The lowest BCUT2D eigenvalue weighted by Gasteiger charge is -2.27. The number of carbonyl (C=O) groups excluding carboxylic acids is 1. The minimum Gasteiger partial charge on any atom is -0.490 e. The van der Waals surface area contributed by atoms with Crippen LogP contribution in [0.2, 0.25) is 0 Å². The van der Waals surface area contributed by atoms with E-state index in [1.807, 2.05) is 45.0 Å². The molecular formula is C22H25N3O3. The minimum absolute atomic E-state index is 0.0518. The van der Waals surface area contributed by atoms with Crippen molar-refractivity contribution in [2.24, 2.45) is 0 Å². The van der Waals surface area contributed by atoms with E-state index in [2.05, 4.69) is 10.3 Å². The standard InChI is InChI=1S/C22H25N3O3/c1-14-11-17(23)20-18(24-14)5-4-6-19(20)28-13-22(2,3)25-21(27)16-9-7-15(12-26)8-10-16/h4-11,26H,12-13H2,1-3H3,(H2,23,24)(H,25,27). The van der Waals surface area contributed by atoms with Crippen LogP contribution >= 0.6 is 0 Å². The Hall–Kier alpha value is -3.12. The predicted octanol–water partition coefficient (Wildman–Crippen LogP) is 3.21. The summed E-state index contributed by atoms with van der Waals surface area (Å²) in [7, 11) is 0. The molecule has 0 aliphatic carbocycles. The third kappa shape index (κ3) is 4.40. The number of nitrogen functional groups attached to an aromatic ring is 1. The van der Waals surface area contributed by atoms with Crippen LogP contribution in [-0.2, 0) is 6.61 Å². The summed E-state index contributed by atoms with van der Waals surface area (Å²) in [6.07, 6.45) is 0. The average molecular weight is 379 g/mol. The number of aliphatic hydroxyl groups is 1. The second-order valence-corrected chi connectivity index (χ2v) is 7.48. The lowest BCUT2D eigenvalue weighted by atomic mass is 10.1. The van der Waals surface area contributed by atoms with Crippen LogP contribution in [0, 0.1) is 6.92 Å². The Balaban J connectivity index is 1.72. The molecule has 6 heteroatoms. The van der Waals surface area contributed by atoms with Gasteiger partial charge in [-0.1, -0.05) is 18.2 Å². The summed E-state index contributed by atoms with van der Waals surface area (Å²) in [5, 5.41) is 12.9. The van der Waals surface area contributed by atoms with Crippen molar-refractivity contribution in [1.82, 2.24) is 10.3 Å². The predicted molar refractivity (Wildman–Crippen MR) is 110 cm³/mol. The van der Waals surface area contributed by atoms with Gasteiger partial charge in [0.2, 0.25) is 0 Å². The number of nitrogens with zero attached hydrogens (tertiary/aromatic N) is 1. The van der Waals surface area contributed by atoms with Crippen molar-refractivity contribution in [3.63, 3.8) is 0 Å². The number of benzene rings is 2. The highest BCUT2D eigenvalue weighted by molar-refractivity contribution is 5.96. The Morgan fingerprint density at radius 1 is 1.21 bits per heavy atom. The van der Waals surface area contributed by atoms with Crippen LogP contribution in [0.3, 0.4) is 0 Å². The molecule has 28 heavy (non-hydrogen) atoms. The van der Waals surface area contributed by atoms with E-state index in [4.69, 9.17) is 15.6 Å². The van der Waals surface area contributed by atoms with Gasteiger partial charge >= 0.3 is 0 Å². The minimum atomic E-state index is -0.609. The zero-order valence-corrected chi connectivity index (χ0v) is 16.3. The lowest BCUT2D eigenvalue weighted by Crippen LogP contribution is -2.47. The molecule has 4 N–H and O–H groups in total. The van der Waals surface area contributed by atoms with Gasteiger partial charge in [-0.15, -0.1) is 0 Å². The number of aromatic nitrogens is 1. The fourth-order valence-electron chi connectivity index (χ4n) is 2.98. The highest BCUT2D eigenvalue weighted by atomic mass is 16.5. The van der Waals surface area contributed by atoms with E-state index in [1.165, 1.54) is 0 Å². The maximum absolute atomic E-state index is 12.5. The summed E-state index contributed by atoms with van der Waals surface area (Å²) in [4.78, 5) is 17.0. The third-order valence-corrected chi connectivity index (χ3v) is 4.39. The summed E-state index contributed by atoms with van der Waals surface area (Å²) >= 11 is 0. The number of hydrogen-bond donors (Lipinski definition) is 3. The van der Waals surface area contributed by atoms with E-state index < -0.39 is 5.54 Å². The first-order valence-electron chi connectivity index (χ1n) is 9.10. The molecule has 0 unspecified atom stereocenters. The quantitative estimate of drug-likeness (QED) is 0.611. The van der Waals surface area contributed by atoms with E-state index in [0.29, 0.717) is 17.0 Å². The largest absolute Gasteiger partial charge is 0.490 e. The summed E-state index contributed by atoms with van der Waals surface area (Å²) in [5.41, 5.74) is 9.09. The molecule has 2 aromatic carbocycles. The van der Waals surface area contributed by atoms with Gasteiger partial charge in [0, 0.05) is 16.9 Å². The molecule has 0 saturated heterocycles. The normalized spacial score (nSPS) is 11.4. The molecule has 3 rings (SSSR count). The molecule has 0 atom stereocenters. The molecule has 0 spiro atoms. The van der Waals surface area contributed by atoms with E-state index in [-0.39, 0.29) is 19.1 Å². The fourth-order valence-corrected chi connectivity index (χ4v) is 2.98. The van der Waals surface area contributed by atoms with Crippen LogP contribution in [0.5, 0.6) is 5.75 Å². The Kier molecular flexibility index (Phi) is 5.51. The summed E-state index contributed by atoms with van der Waals surface area (Å²) < 4.78 is 6.01. The Morgan fingerprint density at radius 2 is 1.93 bits per heavy atom. The number of fused-ring (bicyclic) bond motifs is 1. The molecule has 3 aromatic rings. The zero-order valence-electron chi connectivity index (χ0n) is 16.3. The van der Waals surface area contributed by atoms with Crippen LogP contribution in [0.15, 0.2) is 48.5 Å². The first-order valence-corrected chi connectivity index (χ1v) is 9.10. The SMILES string of the molecule is Cc1cc(N)c2c(OCC(C)(C)NC(=O)c3ccc(CO)cc3)cccc2n1. The number of amides is 1. The molecule has 0 aliphatic heterocycles. The molecule has 6 nitrogen and oxygen atoms in total. The van der Waals surface area contributed by atoms with Crippen molar-refractivity contribution >= 4 is 22.5 Å². The van der Waals surface area contributed by atoms with Crippen molar-refractivity contribution in [3.8, 4) is 5.75 Å². The number of nitrogens with two attached hydrogens (primary N) is 1. The first kappa shape index (κ1) is 19.6. The molecule has 1 amide bonds. The number of aliphatic hydroxyl groups excluding tert-OH is 1. The van der Waals surface area contributed by atoms with Crippen LogP contribution < -0.4 is 15.8 Å². The highest BCUT2D eigenvalue weighted by Crippen LogP contribution is 2.30. The molecule has 1 heterocycles. The lowest BCUT2D eigenvalue weighted by molar-refractivity contribution is 0.0881. The van der Waals surface area contributed by atoms with Gasteiger partial charge in [-0.2, -0.15) is 0 Å². The summed E-state index contributed by atoms with van der Waals surface area (Å²) in [6.45, 7) is 5.90. The first-order chi connectivity index (χ1) is 13.3. The third-order valence-electron chi connectivity index (χ3n) is 4.39. The van der Waals surface area contributed by atoms with Crippen molar-refractivity contribution in [3.05, 3.63) is 65.4 Å². The molecule has 1 aromatic heterocycles. The van der Waals surface area contributed by atoms with Gasteiger partial charge in [-0.3, -0.25) is 9.78 Å². The molecular weight excluding hydrogens is 354 g/mol. The molecule has 146 valence electrons. The Bertz CT molecular complexity index is 998. The van der Waals surface area contributed by atoms with E-state index in [0.717, 1.165) is 22.2 Å². The van der Waals surface area contributed by atoms with Crippen LogP contribution in [0.25, 0.3) is 10.9 Å². The monoisotopic (exact) mass is 379 g/mol. The Labute approximate surface area is 164 Å². The van der Waals surface area contributed by atoms with E-state index in [1.54, 1.807) is 24.3 Å². The van der Waals surface area contributed by atoms with Crippen molar-refractivity contribution < 1.29 is 14.6 Å². The number of ether oxygens (including phenoxy) is 1. The second kappa shape index (κ2) is 7.86. The number of anilines is 1. The van der Waals surface area contributed by atoms with E-state index >= 15 is 0 Å². The number of hydrogen-bond acceptors (Lipinski definition) is 5. The highest BCUT2D eigenvalue weighted by Gasteiger charge is 2.23. The maximum atomic E-state index is 12.5. The summed E-state index contributed by atoms with van der Waals surface area (Å²) in [6, 6.07) is 14.3. The van der Waals surface area contributed by atoms with Crippen molar-refractivity contribution in [2.45, 2.75) is 32.9 Å². The fraction of sp³-hybridized carbons (Fsp3) is 0.273. The van der Waals surface area contributed by atoms with Crippen LogP contribution in [0.1, 0.15) is 35.5 Å². The average Bonchev–Trinajstić information content (AvgIpc) is 2.65. The van der Waals surface area contributed by atoms with Gasteiger partial charge in [0.05, 0.1) is 23.0 Å². The van der Waals surface area contributed by atoms with Crippen LogP contribution in [-0.4, -0.2) is 28.1 Å². The molecule has 0 radical (unpaired) electrons. The van der Waals surface area contributed by atoms with Gasteiger partial charge in [-0.05, 0) is 56.7 Å². The molecule has 0 fully saturated rings. The topological polar surface area (TPSA) is 97.5 Å². The number of rotatable bonds is 6. The molecule has 0 bridgehead atoms. The van der Waals surface area contributed by atoms with Gasteiger partial charge in [0.15, 0.2) is 0 Å². The smallest absolute Gasteiger partial charge is 0.251 e. The number of nitrogens with one attached hydrogen (secondary N) is 1. The summed E-state index contributed by atoms with van der Waals surface area (Å²) in [5.74, 6) is 0.435. The van der Waals surface area contributed by atoms with Crippen LogP contribution in [0.4, 0.5) is 5.69 Å². The van der Waals surface area contributed by atoms with Gasteiger partial charge in [-0.25, -0.2) is 0 Å². The molecule has 0 saturated carbocycles. The van der Waals surface area contributed by atoms with Gasteiger partial charge in [0.25, 0.3) is 5.91 Å².